The Balaban J connectivity index is 3.87. The maximum absolute atomic E-state index is 11.8. The van der Waals surface area contributed by atoms with E-state index in [4.69, 9.17) is 11.6 Å². The third-order valence-electron chi connectivity index (χ3n) is 2.21. The summed E-state index contributed by atoms with van der Waals surface area (Å²) in [5.74, 6) is 0.102. The highest BCUT2D eigenvalue weighted by atomic mass is 35.5. The number of alkyl halides is 4. The van der Waals surface area contributed by atoms with Gasteiger partial charge in [0.25, 0.3) is 0 Å². The Kier molecular flexibility index (Phi) is 9.18. The molecule has 0 bridgehead atoms. The summed E-state index contributed by atoms with van der Waals surface area (Å²) in [6.45, 7) is 1.46. The normalized spacial score (nSPS) is 11.6. The van der Waals surface area contributed by atoms with Crippen LogP contribution in [0.2, 0.25) is 0 Å². The van der Waals surface area contributed by atoms with Crippen molar-refractivity contribution in [2.24, 2.45) is 0 Å². The molecule has 0 spiro atoms. The standard InChI is InChI=1S/C11H19ClF3NO2/c1-2-3-6-16(7-5-12)10(17)4-8-18-9-11(13,14)15/h2-9H2,1H3. The van der Waals surface area contributed by atoms with E-state index >= 15 is 0 Å². The average molecular weight is 290 g/mol. The lowest BCUT2D eigenvalue weighted by molar-refractivity contribution is -0.175. The summed E-state index contributed by atoms with van der Waals surface area (Å²) >= 11 is 5.57. The largest absolute Gasteiger partial charge is 0.411 e. The first-order chi connectivity index (χ1) is 8.40. The van der Waals surface area contributed by atoms with Gasteiger partial charge in [-0.05, 0) is 6.42 Å². The van der Waals surface area contributed by atoms with Crippen molar-refractivity contribution in [3.05, 3.63) is 0 Å². The molecule has 108 valence electrons. The minimum Gasteiger partial charge on any atom is -0.372 e. The minimum atomic E-state index is -4.35. The zero-order valence-electron chi connectivity index (χ0n) is 10.4. The van der Waals surface area contributed by atoms with Crippen molar-refractivity contribution in [3.63, 3.8) is 0 Å². The van der Waals surface area contributed by atoms with Crippen LogP contribution in [0.4, 0.5) is 13.2 Å². The quantitative estimate of drug-likeness (QED) is 0.482. The van der Waals surface area contributed by atoms with Gasteiger partial charge in [-0.3, -0.25) is 4.79 Å². The van der Waals surface area contributed by atoms with Crippen LogP contribution in [0.25, 0.3) is 0 Å². The molecule has 0 saturated heterocycles. The van der Waals surface area contributed by atoms with Crippen molar-refractivity contribution in [1.29, 1.82) is 0 Å². The molecule has 0 aromatic rings. The van der Waals surface area contributed by atoms with Gasteiger partial charge in [0, 0.05) is 19.0 Å². The predicted octanol–water partition coefficient (Wildman–Crippen LogP) is 2.82. The number of nitrogens with zero attached hydrogens (tertiary/aromatic N) is 1. The summed E-state index contributed by atoms with van der Waals surface area (Å²) in [5.41, 5.74) is 0. The smallest absolute Gasteiger partial charge is 0.372 e. The van der Waals surface area contributed by atoms with E-state index < -0.39 is 12.8 Å². The lowest BCUT2D eigenvalue weighted by Gasteiger charge is -2.21. The summed E-state index contributed by atoms with van der Waals surface area (Å²) in [6.07, 6.45) is -2.60. The number of carbonyl (C=O) groups is 1. The number of amides is 1. The number of rotatable bonds is 9. The lowest BCUT2D eigenvalue weighted by Crippen LogP contribution is -2.34. The summed E-state index contributed by atoms with van der Waals surface area (Å²) in [4.78, 5) is 13.2. The molecule has 0 unspecified atom stereocenters. The Morgan fingerprint density at radius 1 is 1.33 bits per heavy atom. The molecule has 0 radical (unpaired) electrons. The van der Waals surface area contributed by atoms with Gasteiger partial charge < -0.3 is 9.64 Å². The molecule has 0 fully saturated rings. The van der Waals surface area contributed by atoms with Gasteiger partial charge in [0.1, 0.15) is 6.61 Å². The van der Waals surface area contributed by atoms with Crippen LogP contribution in [0.3, 0.4) is 0 Å². The summed E-state index contributed by atoms with van der Waals surface area (Å²) in [5, 5.41) is 0. The number of carbonyl (C=O) groups excluding carboxylic acids is 1. The Morgan fingerprint density at radius 2 is 2.00 bits per heavy atom. The van der Waals surface area contributed by atoms with Crippen molar-refractivity contribution in [2.45, 2.75) is 32.4 Å². The van der Waals surface area contributed by atoms with Gasteiger partial charge in [0.2, 0.25) is 5.91 Å². The zero-order chi connectivity index (χ0) is 14.0. The molecule has 7 heteroatoms. The van der Waals surface area contributed by atoms with Crippen LogP contribution in [0.15, 0.2) is 0 Å². The minimum absolute atomic E-state index is 0.0450. The van der Waals surface area contributed by atoms with Gasteiger partial charge in [-0.2, -0.15) is 13.2 Å². The first kappa shape index (κ1) is 17.5. The molecular formula is C11H19ClF3NO2. The topological polar surface area (TPSA) is 29.5 Å². The number of ether oxygens (including phenoxy) is 1. The molecule has 3 nitrogen and oxygen atoms in total. The molecule has 0 aromatic carbocycles. The van der Waals surface area contributed by atoms with Crippen LogP contribution in [0, 0.1) is 0 Å². The number of hydrogen-bond donors (Lipinski definition) is 0. The molecule has 0 heterocycles. The van der Waals surface area contributed by atoms with Crippen molar-refractivity contribution in [2.75, 3.05) is 32.2 Å². The van der Waals surface area contributed by atoms with E-state index in [-0.39, 0.29) is 18.9 Å². The third-order valence-corrected chi connectivity index (χ3v) is 2.38. The third kappa shape index (κ3) is 9.53. The molecule has 0 rings (SSSR count). The predicted molar refractivity (Wildman–Crippen MR) is 63.7 cm³/mol. The average Bonchev–Trinajstić information content (AvgIpc) is 2.28. The van der Waals surface area contributed by atoms with Gasteiger partial charge >= 0.3 is 6.18 Å². The van der Waals surface area contributed by atoms with Gasteiger partial charge in [-0.15, -0.1) is 11.6 Å². The van der Waals surface area contributed by atoms with E-state index in [9.17, 15) is 18.0 Å². The second-order valence-corrected chi connectivity index (χ2v) is 4.22. The molecule has 0 aliphatic rings. The van der Waals surface area contributed by atoms with Gasteiger partial charge in [-0.25, -0.2) is 0 Å². The molecule has 0 aliphatic carbocycles. The molecule has 0 atom stereocenters. The highest BCUT2D eigenvalue weighted by Gasteiger charge is 2.27. The Morgan fingerprint density at radius 3 is 2.50 bits per heavy atom. The van der Waals surface area contributed by atoms with E-state index in [0.29, 0.717) is 19.0 Å². The number of unbranched alkanes of at least 4 members (excludes halogenated alkanes) is 1. The number of halogens is 4. The van der Waals surface area contributed by atoms with Crippen molar-refractivity contribution >= 4 is 17.5 Å². The number of hydrogen-bond acceptors (Lipinski definition) is 2. The fraction of sp³-hybridized carbons (Fsp3) is 0.909. The molecule has 1 amide bonds. The highest BCUT2D eigenvalue weighted by molar-refractivity contribution is 6.18. The first-order valence-electron chi connectivity index (χ1n) is 5.89. The lowest BCUT2D eigenvalue weighted by atomic mass is 10.3. The van der Waals surface area contributed by atoms with Crippen LogP contribution in [0.1, 0.15) is 26.2 Å². The summed E-state index contributed by atoms with van der Waals surface area (Å²) in [6, 6.07) is 0. The van der Waals surface area contributed by atoms with Crippen molar-refractivity contribution in [3.8, 4) is 0 Å². The van der Waals surface area contributed by atoms with E-state index in [0.717, 1.165) is 12.8 Å². The monoisotopic (exact) mass is 289 g/mol. The van der Waals surface area contributed by atoms with Crippen LogP contribution >= 0.6 is 11.6 Å². The van der Waals surface area contributed by atoms with E-state index in [1.807, 2.05) is 6.92 Å². The van der Waals surface area contributed by atoms with Crippen molar-refractivity contribution in [1.82, 2.24) is 4.90 Å². The summed E-state index contributed by atoms with van der Waals surface area (Å²) in [7, 11) is 0. The Labute approximate surface area is 110 Å². The summed E-state index contributed by atoms with van der Waals surface area (Å²) < 4.78 is 39.8. The second-order valence-electron chi connectivity index (χ2n) is 3.84. The van der Waals surface area contributed by atoms with E-state index in [1.165, 1.54) is 0 Å². The van der Waals surface area contributed by atoms with Crippen LogP contribution < -0.4 is 0 Å². The molecular weight excluding hydrogens is 271 g/mol. The van der Waals surface area contributed by atoms with Gasteiger partial charge in [0.05, 0.1) is 13.0 Å². The Hall–Kier alpha value is -0.490. The maximum atomic E-state index is 11.8. The van der Waals surface area contributed by atoms with Crippen LogP contribution in [0.5, 0.6) is 0 Å². The van der Waals surface area contributed by atoms with Crippen molar-refractivity contribution < 1.29 is 22.7 Å². The Bertz CT molecular complexity index is 237. The SMILES string of the molecule is CCCCN(CCCl)C(=O)CCOCC(F)(F)F. The maximum Gasteiger partial charge on any atom is 0.411 e. The van der Waals surface area contributed by atoms with Gasteiger partial charge in [-0.1, -0.05) is 13.3 Å². The van der Waals surface area contributed by atoms with E-state index in [2.05, 4.69) is 4.74 Å². The molecule has 0 aliphatic heterocycles. The second kappa shape index (κ2) is 9.44. The molecule has 18 heavy (non-hydrogen) atoms. The molecule has 0 saturated carbocycles. The van der Waals surface area contributed by atoms with Crippen LogP contribution in [-0.2, 0) is 9.53 Å². The highest BCUT2D eigenvalue weighted by Crippen LogP contribution is 2.14. The first-order valence-corrected chi connectivity index (χ1v) is 6.42. The van der Waals surface area contributed by atoms with Gasteiger partial charge in [0.15, 0.2) is 0 Å². The van der Waals surface area contributed by atoms with E-state index in [1.54, 1.807) is 4.90 Å². The molecule has 0 N–H and O–H groups in total. The fourth-order valence-electron chi connectivity index (χ4n) is 1.32. The fourth-order valence-corrected chi connectivity index (χ4v) is 1.52. The molecule has 0 aromatic heterocycles. The zero-order valence-corrected chi connectivity index (χ0v) is 11.2. The van der Waals surface area contributed by atoms with Crippen LogP contribution in [-0.4, -0.2) is 49.2 Å².